The molecule has 0 fully saturated rings. The van der Waals surface area contributed by atoms with Crippen LogP contribution in [0.4, 0.5) is 0 Å². The number of ether oxygens (including phenoxy) is 2. The van der Waals surface area contributed by atoms with Crippen LogP contribution in [0.15, 0.2) is 70.1 Å². The average molecular weight is 484 g/mol. The third kappa shape index (κ3) is 4.24. The zero-order valence-electron chi connectivity index (χ0n) is 18.0. The number of likely N-dealkylation sites (N-methyl/N-ethyl adjacent to an activating group) is 1. The summed E-state index contributed by atoms with van der Waals surface area (Å²) >= 11 is 1.30. The molecule has 0 radical (unpaired) electrons. The van der Waals surface area contributed by atoms with E-state index in [1.54, 1.807) is 19.1 Å². The number of aromatic nitrogens is 2. The number of sulfonamides is 1. The molecule has 0 unspecified atom stereocenters. The summed E-state index contributed by atoms with van der Waals surface area (Å²) in [5.41, 5.74) is 0.824. The lowest BCUT2D eigenvalue weighted by Crippen LogP contribution is -2.41. The number of hydrogen-bond donors (Lipinski definition) is 0. The van der Waals surface area contributed by atoms with E-state index in [0.29, 0.717) is 27.1 Å². The van der Waals surface area contributed by atoms with Gasteiger partial charge in [-0.2, -0.15) is 9.29 Å². The molecule has 0 bridgehead atoms. The van der Waals surface area contributed by atoms with E-state index < -0.39 is 16.1 Å². The van der Waals surface area contributed by atoms with Crippen molar-refractivity contribution in [3.63, 3.8) is 0 Å². The molecule has 5 rings (SSSR count). The Labute approximate surface area is 195 Å². The van der Waals surface area contributed by atoms with Crippen molar-refractivity contribution in [2.75, 3.05) is 20.2 Å². The highest BCUT2D eigenvalue weighted by Gasteiger charge is 2.30. The van der Waals surface area contributed by atoms with Crippen LogP contribution in [0.1, 0.15) is 4.88 Å². The van der Waals surface area contributed by atoms with Crippen LogP contribution in [0.3, 0.4) is 0 Å². The van der Waals surface area contributed by atoms with Crippen molar-refractivity contribution >= 4 is 21.4 Å². The number of rotatable bonds is 6. The van der Waals surface area contributed by atoms with Gasteiger partial charge in [0.25, 0.3) is 5.89 Å². The zero-order valence-corrected chi connectivity index (χ0v) is 19.6. The molecule has 33 heavy (non-hydrogen) atoms. The molecule has 0 amide bonds. The van der Waals surface area contributed by atoms with Gasteiger partial charge in [-0.05, 0) is 25.1 Å². The molecule has 10 heteroatoms. The minimum absolute atomic E-state index is 0.153. The van der Waals surface area contributed by atoms with Crippen molar-refractivity contribution in [2.45, 2.75) is 17.9 Å². The molecule has 4 aromatic rings. The maximum atomic E-state index is 13.3. The molecule has 0 spiro atoms. The number of aryl methyl sites for hydroxylation is 1. The van der Waals surface area contributed by atoms with E-state index in [9.17, 15) is 8.42 Å². The van der Waals surface area contributed by atoms with E-state index in [1.165, 1.54) is 22.7 Å². The largest absolute Gasteiger partial charge is 0.486 e. The Balaban J connectivity index is 1.34. The maximum Gasteiger partial charge on any atom is 0.268 e. The molecule has 0 N–H and O–H groups in total. The fraction of sp³-hybridized carbons (Fsp3) is 0.217. The minimum atomic E-state index is -3.76. The molecule has 0 aliphatic carbocycles. The summed E-state index contributed by atoms with van der Waals surface area (Å²) in [4.78, 5) is 5.88. The smallest absolute Gasteiger partial charge is 0.268 e. The first-order valence-corrected chi connectivity index (χ1v) is 12.5. The van der Waals surface area contributed by atoms with E-state index in [1.807, 2.05) is 48.5 Å². The summed E-state index contributed by atoms with van der Waals surface area (Å²) in [7, 11) is -2.22. The van der Waals surface area contributed by atoms with Gasteiger partial charge in [0, 0.05) is 17.5 Å². The fourth-order valence-corrected chi connectivity index (χ4v) is 6.24. The molecule has 3 heterocycles. The first kappa shape index (κ1) is 21.6. The predicted molar refractivity (Wildman–Crippen MR) is 124 cm³/mol. The highest BCUT2D eigenvalue weighted by atomic mass is 32.2. The lowest BCUT2D eigenvalue weighted by molar-refractivity contribution is 0.0798. The second-order valence-electron chi connectivity index (χ2n) is 7.60. The number of hydrogen-bond acceptors (Lipinski definition) is 8. The second kappa shape index (κ2) is 8.62. The Morgan fingerprint density at radius 2 is 1.82 bits per heavy atom. The van der Waals surface area contributed by atoms with Crippen LogP contribution in [0.5, 0.6) is 11.5 Å². The highest BCUT2D eigenvalue weighted by molar-refractivity contribution is 7.89. The van der Waals surface area contributed by atoms with Gasteiger partial charge in [0.15, 0.2) is 11.5 Å². The molecule has 1 aliphatic heterocycles. The van der Waals surface area contributed by atoms with Gasteiger partial charge in [-0.25, -0.2) is 8.42 Å². The lowest BCUT2D eigenvalue weighted by atomic mass is 10.2. The quantitative estimate of drug-likeness (QED) is 0.405. The van der Waals surface area contributed by atoms with E-state index in [2.05, 4.69) is 10.1 Å². The first-order chi connectivity index (χ1) is 15.9. The summed E-state index contributed by atoms with van der Waals surface area (Å²) in [6.07, 6.45) is -0.414. The first-order valence-electron chi connectivity index (χ1n) is 10.3. The Morgan fingerprint density at radius 3 is 2.61 bits per heavy atom. The molecule has 0 saturated heterocycles. The van der Waals surface area contributed by atoms with E-state index >= 15 is 0 Å². The average Bonchev–Trinajstić information content (AvgIpc) is 3.47. The molecular weight excluding hydrogens is 462 g/mol. The molecule has 2 aromatic heterocycles. The van der Waals surface area contributed by atoms with Gasteiger partial charge in [-0.1, -0.05) is 47.6 Å². The number of thiophene rings is 1. The monoisotopic (exact) mass is 483 g/mol. The van der Waals surface area contributed by atoms with Gasteiger partial charge in [-0.15, -0.1) is 11.3 Å². The van der Waals surface area contributed by atoms with Crippen molar-refractivity contribution < 1.29 is 22.4 Å². The third-order valence-electron chi connectivity index (χ3n) is 5.26. The molecular formula is C23H21N3O5S2. The summed E-state index contributed by atoms with van der Waals surface area (Å²) in [5.74, 6) is 2.01. The molecule has 170 valence electrons. The summed E-state index contributed by atoms with van der Waals surface area (Å²) in [5, 5.41) is 4.03. The molecule has 2 aromatic carbocycles. The summed E-state index contributed by atoms with van der Waals surface area (Å²) < 4.78 is 44.9. The Hall–Kier alpha value is -3.21. The minimum Gasteiger partial charge on any atom is -0.486 e. The maximum absolute atomic E-state index is 13.3. The van der Waals surface area contributed by atoms with E-state index in [0.717, 1.165) is 5.56 Å². The summed E-state index contributed by atoms with van der Waals surface area (Å²) in [6.45, 7) is 2.19. The number of fused-ring (bicyclic) bond motifs is 1. The topological polar surface area (TPSA) is 94.8 Å². The SMILES string of the molecule is Cc1sc(-c2nc(-c3ccccc3)no2)cc1S(=O)(=O)N(C)C[C@@H]1COc2ccccc2O1. The van der Waals surface area contributed by atoms with Gasteiger partial charge < -0.3 is 14.0 Å². The lowest BCUT2D eigenvalue weighted by Gasteiger charge is -2.29. The van der Waals surface area contributed by atoms with Gasteiger partial charge in [-0.3, -0.25) is 0 Å². The van der Waals surface area contributed by atoms with Crippen LogP contribution >= 0.6 is 11.3 Å². The van der Waals surface area contributed by atoms with Crippen LogP contribution < -0.4 is 9.47 Å². The van der Waals surface area contributed by atoms with Gasteiger partial charge in [0.1, 0.15) is 12.7 Å². The number of para-hydroxylation sites is 2. The van der Waals surface area contributed by atoms with Crippen LogP contribution in [0.2, 0.25) is 0 Å². The van der Waals surface area contributed by atoms with Crippen molar-refractivity contribution in [3.8, 4) is 33.7 Å². The normalized spacial score (nSPS) is 15.7. The highest BCUT2D eigenvalue weighted by Crippen LogP contribution is 2.35. The zero-order chi connectivity index (χ0) is 23.0. The second-order valence-corrected chi connectivity index (χ2v) is 10.9. The fourth-order valence-electron chi connectivity index (χ4n) is 3.56. The Morgan fingerprint density at radius 1 is 1.09 bits per heavy atom. The van der Waals surface area contributed by atoms with Crippen LogP contribution in [-0.2, 0) is 10.0 Å². The van der Waals surface area contributed by atoms with Crippen molar-refractivity contribution in [1.82, 2.24) is 14.4 Å². The van der Waals surface area contributed by atoms with Crippen LogP contribution in [-0.4, -0.2) is 49.2 Å². The van der Waals surface area contributed by atoms with Gasteiger partial charge in [0.05, 0.1) is 16.3 Å². The predicted octanol–water partition coefficient (Wildman–Crippen LogP) is 4.23. The van der Waals surface area contributed by atoms with Crippen LogP contribution in [0.25, 0.3) is 22.2 Å². The Bertz CT molecular complexity index is 1380. The molecule has 0 saturated carbocycles. The summed E-state index contributed by atoms with van der Waals surface area (Å²) in [6, 6.07) is 18.4. The number of nitrogens with zero attached hydrogens (tertiary/aromatic N) is 3. The Kier molecular flexibility index (Phi) is 5.65. The molecule has 8 nitrogen and oxygen atoms in total. The third-order valence-corrected chi connectivity index (χ3v) is 8.37. The molecule has 1 aliphatic rings. The van der Waals surface area contributed by atoms with Crippen molar-refractivity contribution in [2.24, 2.45) is 0 Å². The standard InChI is InChI=1S/C23H21N3O5S2/c1-15-21(12-20(32-15)23-24-22(25-31-23)16-8-4-3-5-9-16)33(27,28)26(2)13-17-14-29-18-10-6-7-11-19(18)30-17/h3-12,17H,13-14H2,1-2H3/t17-/m1/s1. The van der Waals surface area contributed by atoms with Crippen molar-refractivity contribution in [3.05, 3.63) is 65.5 Å². The number of benzene rings is 2. The van der Waals surface area contributed by atoms with E-state index in [-0.39, 0.29) is 23.9 Å². The van der Waals surface area contributed by atoms with Gasteiger partial charge >= 0.3 is 0 Å². The van der Waals surface area contributed by atoms with Gasteiger partial charge in [0.2, 0.25) is 15.8 Å². The van der Waals surface area contributed by atoms with Crippen molar-refractivity contribution in [1.29, 1.82) is 0 Å². The molecule has 1 atom stereocenters. The van der Waals surface area contributed by atoms with Crippen LogP contribution in [0, 0.1) is 6.92 Å². The van der Waals surface area contributed by atoms with E-state index in [4.69, 9.17) is 14.0 Å².